The van der Waals surface area contributed by atoms with Crippen LogP contribution in [-0.4, -0.2) is 53.5 Å². The van der Waals surface area contributed by atoms with Gasteiger partial charge in [0.25, 0.3) is 12.4 Å². The summed E-state index contributed by atoms with van der Waals surface area (Å²) in [5, 5.41) is 3.86. The summed E-state index contributed by atoms with van der Waals surface area (Å²) in [7, 11) is 4.77. The molecule has 0 saturated heterocycles. The minimum absolute atomic E-state index is 0.0846. The van der Waals surface area contributed by atoms with Crippen molar-refractivity contribution in [2.75, 3.05) is 39.7 Å². The quantitative estimate of drug-likeness (QED) is 0.115. The normalized spacial score (nSPS) is 16.4. The Labute approximate surface area is 274 Å². The van der Waals surface area contributed by atoms with E-state index in [0.29, 0.717) is 48.1 Å². The summed E-state index contributed by atoms with van der Waals surface area (Å²) in [4.78, 5) is 23.7. The highest BCUT2D eigenvalue weighted by atomic mass is 19.4. The molecule has 0 fully saturated rings. The van der Waals surface area contributed by atoms with Crippen LogP contribution in [0.5, 0.6) is 34.5 Å². The summed E-state index contributed by atoms with van der Waals surface area (Å²) >= 11 is 0. The number of hydrogen-bond acceptors (Lipinski definition) is 12. The number of nitrogens with one attached hydrogen (secondary N) is 1. The van der Waals surface area contributed by atoms with E-state index in [9.17, 15) is 22.8 Å². The highest BCUT2D eigenvalue weighted by Gasteiger charge is 2.34. The largest absolute Gasteiger partial charge is 0.573 e. The van der Waals surface area contributed by atoms with Gasteiger partial charge >= 0.3 is 6.36 Å². The van der Waals surface area contributed by atoms with Crippen LogP contribution in [0.3, 0.4) is 0 Å². The van der Waals surface area contributed by atoms with Crippen molar-refractivity contribution in [3.8, 4) is 34.5 Å². The Hall–Kier alpha value is -5.51. The zero-order valence-corrected chi connectivity index (χ0v) is 26.2. The molecular formula is C32H35F3N4O9. The van der Waals surface area contributed by atoms with Crippen LogP contribution < -0.4 is 50.3 Å². The summed E-state index contributed by atoms with van der Waals surface area (Å²) in [5.41, 5.74) is 7.71. The smallest absolute Gasteiger partial charge is 0.493 e. The summed E-state index contributed by atoms with van der Waals surface area (Å²) in [5.74, 6) is 7.77. The summed E-state index contributed by atoms with van der Waals surface area (Å²) < 4.78 is 72.0. The van der Waals surface area contributed by atoms with Gasteiger partial charge in [-0.3, -0.25) is 14.6 Å². The zero-order valence-electron chi connectivity index (χ0n) is 26.2. The topological polar surface area (TPSA) is 166 Å². The molecule has 48 heavy (non-hydrogen) atoms. The van der Waals surface area contributed by atoms with Gasteiger partial charge in [0.1, 0.15) is 11.4 Å². The maximum atomic E-state index is 13.0. The van der Waals surface area contributed by atoms with Crippen LogP contribution in [0.25, 0.3) is 0 Å². The lowest BCUT2D eigenvalue weighted by atomic mass is 9.79. The Morgan fingerprint density at radius 1 is 1.02 bits per heavy atom. The lowest BCUT2D eigenvalue weighted by molar-refractivity contribution is -0.274. The molecule has 5 N–H and O–H groups in total. The van der Waals surface area contributed by atoms with E-state index < -0.39 is 24.1 Å². The van der Waals surface area contributed by atoms with Gasteiger partial charge in [0.15, 0.2) is 23.0 Å². The molecule has 0 saturated carbocycles. The predicted octanol–water partition coefficient (Wildman–Crippen LogP) is 4.10. The van der Waals surface area contributed by atoms with Gasteiger partial charge in [-0.1, -0.05) is 6.07 Å². The molecule has 0 aromatic heterocycles. The lowest BCUT2D eigenvalue weighted by Gasteiger charge is -2.34. The molecule has 2 unspecified atom stereocenters. The van der Waals surface area contributed by atoms with Crippen LogP contribution in [0, 0.1) is 5.92 Å². The van der Waals surface area contributed by atoms with E-state index in [-0.39, 0.29) is 30.7 Å². The van der Waals surface area contributed by atoms with Gasteiger partial charge < -0.3 is 44.2 Å². The third-order valence-electron chi connectivity index (χ3n) is 7.39. The highest BCUT2D eigenvalue weighted by molar-refractivity contribution is 5.93. The van der Waals surface area contributed by atoms with Crippen molar-refractivity contribution in [2.45, 2.75) is 25.2 Å². The molecule has 3 aromatic carbocycles. The van der Waals surface area contributed by atoms with Crippen molar-refractivity contribution in [1.29, 1.82) is 0 Å². The Morgan fingerprint density at radius 3 is 2.25 bits per heavy atom. The van der Waals surface area contributed by atoms with Crippen molar-refractivity contribution >= 4 is 18.1 Å². The molecule has 1 aliphatic carbocycles. The number of carbonyl (C=O) groups is 2. The number of aryl methyl sites for hydroxylation is 1. The number of fused-ring (bicyclic) bond motifs is 2. The number of carbonyl (C=O) groups excluding carboxylic acids is 2. The first-order chi connectivity index (χ1) is 23.0. The van der Waals surface area contributed by atoms with Crippen molar-refractivity contribution in [3.63, 3.8) is 0 Å². The number of para-hydroxylation sites is 1. The molecule has 2 atom stereocenters. The first-order valence-electron chi connectivity index (χ1n) is 14.4. The van der Waals surface area contributed by atoms with Crippen LogP contribution in [0.1, 0.15) is 23.6 Å². The molecule has 5 rings (SSSR count). The van der Waals surface area contributed by atoms with Crippen LogP contribution >= 0.6 is 0 Å². The van der Waals surface area contributed by atoms with Crippen molar-refractivity contribution < 1.29 is 55.9 Å². The molecular weight excluding hydrogens is 641 g/mol. The standard InChI is InChI=1S/C23H23F3N4O6.C9H12O3/c24-23(25,26)36-16-5-3-15(4-6-16)30(28)9-18(27)22(32)29-21-14(10-33-11-31)2-1-13-7-19-20(8-17(13)21)35-12-34-19;1-10-7-5-4-6-8(11-2)9(7)12-3/h3-9,11,14,21H,1-2,10,12,27-28H2,(H,29,32);4-6H,1-3H3/b18-9-;. The van der Waals surface area contributed by atoms with Crippen LogP contribution in [0.2, 0.25) is 0 Å². The molecule has 0 bridgehead atoms. The third kappa shape index (κ3) is 8.85. The fraction of sp³-hybridized carbons (Fsp3) is 0.312. The summed E-state index contributed by atoms with van der Waals surface area (Å²) in [6.45, 7) is 0.527. The Morgan fingerprint density at radius 2 is 1.67 bits per heavy atom. The second kappa shape index (κ2) is 15.9. The Kier molecular flexibility index (Phi) is 11.7. The van der Waals surface area contributed by atoms with Gasteiger partial charge in [0.05, 0.1) is 39.7 Å². The number of nitrogens with zero attached hydrogens (tertiary/aromatic N) is 1. The van der Waals surface area contributed by atoms with E-state index in [0.717, 1.165) is 34.5 Å². The second-order valence-corrected chi connectivity index (χ2v) is 10.3. The van der Waals surface area contributed by atoms with Gasteiger partial charge in [-0.2, -0.15) is 0 Å². The van der Waals surface area contributed by atoms with E-state index in [1.807, 2.05) is 24.3 Å². The first kappa shape index (κ1) is 35.3. The summed E-state index contributed by atoms with van der Waals surface area (Å²) in [6.07, 6.45) is -2.38. The van der Waals surface area contributed by atoms with Gasteiger partial charge in [-0.25, -0.2) is 5.84 Å². The van der Waals surface area contributed by atoms with Crippen molar-refractivity contribution in [1.82, 2.24) is 5.32 Å². The molecule has 2 aliphatic rings. The number of nitrogens with two attached hydrogens (primary N) is 2. The molecule has 258 valence electrons. The Balaban J connectivity index is 0.000000365. The van der Waals surface area contributed by atoms with Crippen LogP contribution in [0.4, 0.5) is 18.9 Å². The third-order valence-corrected chi connectivity index (χ3v) is 7.39. The van der Waals surface area contributed by atoms with Crippen LogP contribution in [-0.2, 0) is 20.7 Å². The van der Waals surface area contributed by atoms with Gasteiger partial charge in [-0.15, -0.1) is 13.2 Å². The van der Waals surface area contributed by atoms with E-state index >= 15 is 0 Å². The van der Waals surface area contributed by atoms with E-state index in [4.69, 9.17) is 40.0 Å². The molecule has 1 aliphatic heterocycles. The summed E-state index contributed by atoms with van der Waals surface area (Å²) in [6, 6.07) is 13.3. The van der Waals surface area contributed by atoms with Crippen LogP contribution in [0.15, 0.2) is 66.5 Å². The molecule has 3 aromatic rings. The number of anilines is 1. The van der Waals surface area contributed by atoms with E-state index in [1.54, 1.807) is 27.4 Å². The lowest BCUT2D eigenvalue weighted by Crippen LogP contribution is -2.41. The average Bonchev–Trinajstić information content (AvgIpc) is 3.53. The Bertz CT molecular complexity index is 1580. The number of alkyl halides is 3. The minimum atomic E-state index is -4.82. The van der Waals surface area contributed by atoms with Gasteiger partial charge in [0.2, 0.25) is 12.5 Å². The number of ether oxygens (including phenoxy) is 7. The maximum Gasteiger partial charge on any atom is 0.573 e. The zero-order chi connectivity index (χ0) is 34.8. The fourth-order valence-electron chi connectivity index (χ4n) is 5.15. The number of hydrazine groups is 1. The molecule has 0 radical (unpaired) electrons. The number of halogens is 3. The first-order valence-corrected chi connectivity index (χ1v) is 14.4. The van der Waals surface area contributed by atoms with Crippen molar-refractivity contribution in [3.05, 3.63) is 77.6 Å². The monoisotopic (exact) mass is 676 g/mol. The van der Waals surface area contributed by atoms with Gasteiger partial charge in [-0.05, 0) is 72.5 Å². The van der Waals surface area contributed by atoms with Gasteiger partial charge in [0, 0.05) is 12.1 Å². The number of rotatable bonds is 11. The molecule has 1 heterocycles. The maximum absolute atomic E-state index is 13.0. The molecule has 1 amide bonds. The number of hydrogen-bond donors (Lipinski definition) is 3. The minimum Gasteiger partial charge on any atom is -0.493 e. The van der Waals surface area contributed by atoms with E-state index in [1.165, 1.54) is 12.1 Å². The number of amides is 1. The SMILES string of the molecule is COc1cccc(OC)c1OC.N/C(=C\N(N)c1ccc(OC(F)(F)F)cc1)C(=O)NC1c2cc3c(cc2CCC1COC=O)OCO3. The molecule has 0 spiro atoms. The second-order valence-electron chi connectivity index (χ2n) is 10.3. The fourth-order valence-corrected chi connectivity index (χ4v) is 5.15. The molecule has 13 nitrogen and oxygen atoms in total. The van der Waals surface area contributed by atoms with E-state index in [2.05, 4.69) is 10.1 Å². The molecule has 16 heteroatoms. The average molecular weight is 677 g/mol. The number of methoxy groups -OCH3 is 3. The number of benzene rings is 3. The predicted molar refractivity (Wildman–Crippen MR) is 165 cm³/mol. The van der Waals surface area contributed by atoms with Crippen molar-refractivity contribution in [2.24, 2.45) is 17.5 Å². The highest BCUT2D eigenvalue weighted by Crippen LogP contribution is 2.43.